The average molecular weight is 211 g/mol. The molecule has 2 rings (SSSR count). The molecule has 0 heterocycles. The number of anilines is 1. The van der Waals surface area contributed by atoms with Crippen LogP contribution in [-0.2, 0) is 0 Å². The summed E-state index contributed by atoms with van der Waals surface area (Å²) in [5, 5.41) is 6.02. The molecule has 1 nitrogen and oxygen atoms in total. The highest BCUT2D eigenvalue weighted by atomic mass is 14.9. The first-order valence-electron chi connectivity index (χ1n) is 5.63. The Bertz CT molecular complexity index is 494. The van der Waals surface area contributed by atoms with Crippen molar-refractivity contribution in [3.63, 3.8) is 0 Å². The molecule has 0 spiro atoms. The van der Waals surface area contributed by atoms with Crippen molar-refractivity contribution in [1.82, 2.24) is 0 Å². The summed E-state index contributed by atoms with van der Waals surface area (Å²) in [6, 6.07) is 14.8. The normalized spacial score (nSPS) is 10.3. The maximum absolute atomic E-state index is 3.91. The highest BCUT2D eigenvalue weighted by Crippen LogP contribution is 2.22. The van der Waals surface area contributed by atoms with Gasteiger partial charge >= 0.3 is 0 Å². The fourth-order valence-electron chi connectivity index (χ4n) is 1.79. The fraction of sp³-hybridized carbons (Fsp3) is 0.200. The summed E-state index contributed by atoms with van der Waals surface area (Å²) in [6.45, 7) is 6.92. The van der Waals surface area contributed by atoms with Gasteiger partial charge in [0.25, 0.3) is 0 Å². The van der Waals surface area contributed by atoms with Crippen molar-refractivity contribution in [2.75, 3.05) is 11.9 Å². The number of hydrogen-bond acceptors (Lipinski definition) is 1. The van der Waals surface area contributed by atoms with Gasteiger partial charge in [-0.15, -0.1) is 6.58 Å². The van der Waals surface area contributed by atoms with Crippen LogP contribution in [0.5, 0.6) is 0 Å². The SMILES string of the molecule is C=C(C)CCNc1cccc2ccccc12. The second-order valence-corrected chi connectivity index (χ2v) is 4.16. The Morgan fingerprint density at radius 2 is 1.88 bits per heavy atom. The van der Waals surface area contributed by atoms with Gasteiger partial charge in [-0.1, -0.05) is 42.0 Å². The molecule has 0 fully saturated rings. The second-order valence-electron chi connectivity index (χ2n) is 4.16. The van der Waals surface area contributed by atoms with E-state index in [-0.39, 0.29) is 0 Å². The number of benzene rings is 2. The first-order chi connectivity index (χ1) is 7.77. The van der Waals surface area contributed by atoms with E-state index < -0.39 is 0 Å². The van der Waals surface area contributed by atoms with Gasteiger partial charge in [0, 0.05) is 17.6 Å². The molecule has 16 heavy (non-hydrogen) atoms. The molecule has 82 valence electrons. The molecule has 0 saturated carbocycles. The number of fused-ring (bicyclic) bond motifs is 1. The molecular weight excluding hydrogens is 194 g/mol. The topological polar surface area (TPSA) is 12.0 Å². The van der Waals surface area contributed by atoms with Crippen molar-refractivity contribution in [1.29, 1.82) is 0 Å². The van der Waals surface area contributed by atoms with Gasteiger partial charge in [-0.3, -0.25) is 0 Å². The number of nitrogens with one attached hydrogen (secondary N) is 1. The fourth-order valence-corrected chi connectivity index (χ4v) is 1.79. The highest BCUT2D eigenvalue weighted by Gasteiger charge is 1.98. The van der Waals surface area contributed by atoms with Gasteiger partial charge in [-0.25, -0.2) is 0 Å². The summed E-state index contributed by atoms with van der Waals surface area (Å²) in [5.74, 6) is 0. The Labute approximate surface area is 96.8 Å². The minimum atomic E-state index is 0.948. The van der Waals surface area contributed by atoms with Crippen LogP contribution in [0.4, 0.5) is 5.69 Å². The third-order valence-electron chi connectivity index (χ3n) is 2.66. The summed E-state index contributed by atoms with van der Waals surface area (Å²) < 4.78 is 0. The maximum atomic E-state index is 3.91. The van der Waals surface area contributed by atoms with Crippen molar-refractivity contribution in [3.8, 4) is 0 Å². The quantitative estimate of drug-likeness (QED) is 0.747. The Kier molecular flexibility index (Phi) is 3.25. The smallest absolute Gasteiger partial charge is 0.0419 e. The van der Waals surface area contributed by atoms with Crippen molar-refractivity contribution >= 4 is 16.5 Å². The van der Waals surface area contributed by atoms with Crippen LogP contribution in [0.1, 0.15) is 13.3 Å². The molecule has 0 aliphatic carbocycles. The summed E-state index contributed by atoms with van der Waals surface area (Å²) in [7, 11) is 0. The van der Waals surface area contributed by atoms with Gasteiger partial charge in [0.1, 0.15) is 0 Å². The Balaban J connectivity index is 2.20. The van der Waals surface area contributed by atoms with E-state index in [1.165, 1.54) is 22.0 Å². The first-order valence-corrected chi connectivity index (χ1v) is 5.63. The minimum absolute atomic E-state index is 0.948. The zero-order valence-electron chi connectivity index (χ0n) is 9.66. The molecule has 0 aliphatic rings. The Morgan fingerprint density at radius 3 is 2.69 bits per heavy atom. The number of rotatable bonds is 4. The van der Waals surface area contributed by atoms with E-state index in [2.05, 4.69) is 61.3 Å². The van der Waals surface area contributed by atoms with Crippen LogP contribution in [0.3, 0.4) is 0 Å². The van der Waals surface area contributed by atoms with Crippen LogP contribution in [-0.4, -0.2) is 6.54 Å². The molecule has 0 aliphatic heterocycles. The van der Waals surface area contributed by atoms with Crippen LogP contribution in [0.15, 0.2) is 54.6 Å². The molecule has 0 radical (unpaired) electrons. The standard InChI is InChI=1S/C15H17N/c1-12(2)10-11-16-15-9-5-7-13-6-3-4-8-14(13)15/h3-9,16H,1,10-11H2,2H3. The van der Waals surface area contributed by atoms with Gasteiger partial charge in [-0.2, -0.15) is 0 Å². The minimum Gasteiger partial charge on any atom is -0.384 e. The lowest BCUT2D eigenvalue weighted by Gasteiger charge is -2.09. The average Bonchev–Trinajstić information content (AvgIpc) is 2.29. The molecule has 0 unspecified atom stereocenters. The van der Waals surface area contributed by atoms with Gasteiger partial charge in [-0.05, 0) is 24.8 Å². The van der Waals surface area contributed by atoms with E-state index in [9.17, 15) is 0 Å². The second kappa shape index (κ2) is 4.84. The van der Waals surface area contributed by atoms with E-state index >= 15 is 0 Å². The third-order valence-corrected chi connectivity index (χ3v) is 2.66. The van der Waals surface area contributed by atoms with E-state index in [0.29, 0.717) is 0 Å². The largest absolute Gasteiger partial charge is 0.384 e. The highest BCUT2D eigenvalue weighted by molar-refractivity contribution is 5.93. The lowest BCUT2D eigenvalue weighted by atomic mass is 10.1. The van der Waals surface area contributed by atoms with Crippen molar-refractivity contribution in [3.05, 3.63) is 54.6 Å². The summed E-state index contributed by atoms with van der Waals surface area (Å²) >= 11 is 0. The van der Waals surface area contributed by atoms with E-state index in [1.54, 1.807) is 0 Å². The van der Waals surface area contributed by atoms with Crippen LogP contribution >= 0.6 is 0 Å². The molecule has 0 saturated heterocycles. The molecule has 0 amide bonds. The molecule has 0 bridgehead atoms. The van der Waals surface area contributed by atoms with Crippen LogP contribution in [0.2, 0.25) is 0 Å². The van der Waals surface area contributed by atoms with Crippen LogP contribution in [0.25, 0.3) is 10.8 Å². The monoisotopic (exact) mass is 211 g/mol. The predicted molar refractivity (Wildman–Crippen MR) is 71.9 cm³/mol. The van der Waals surface area contributed by atoms with Crippen molar-refractivity contribution < 1.29 is 0 Å². The zero-order chi connectivity index (χ0) is 11.4. The van der Waals surface area contributed by atoms with E-state index in [4.69, 9.17) is 0 Å². The molecule has 0 aromatic heterocycles. The summed E-state index contributed by atoms with van der Waals surface area (Å²) in [5.41, 5.74) is 2.42. The molecule has 1 heteroatoms. The Morgan fingerprint density at radius 1 is 1.12 bits per heavy atom. The van der Waals surface area contributed by atoms with Crippen LogP contribution < -0.4 is 5.32 Å². The van der Waals surface area contributed by atoms with E-state index in [1.807, 2.05) is 0 Å². The molecule has 0 atom stereocenters. The summed E-state index contributed by atoms with van der Waals surface area (Å²) in [6.07, 6.45) is 1.02. The molecule has 2 aromatic rings. The van der Waals surface area contributed by atoms with Gasteiger partial charge in [0.2, 0.25) is 0 Å². The van der Waals surface area contributed by atoms with Crippen molar-refractivity contribution in [2.45, 2.75) is 13.3 Å². The number of hydrogen-bond donors (Lipinski definition) is 1. The van der Waals surface area contributed by atoms with E-state index in [0.717, 1.165) is 13.0 Å². The zero-order valence-corrected chi connectivity index (χ0v) is 9.66. The first kappa shape index (κ1) is 10.7. The van der Waals surface area contributed by atoms with Gasteiger partial charge < -0.3 is 5.32 Å². The molecule has 1 N–H and O–H groups in total. The molecule has 2 aromatic carbocycles. The third kappa shape index (κ3) is 2.43. The van der Waals surface area contributed by atoms with Gasteiger partial charge in [0.05, 0.1) is 0 Å². The summed E-state index contributed by atoms with van der Waals surface area (Å²) in [4.78, 5) is 0. The van der Waals surface area contributed by atoms with Crippen LogP contribution in [0, 0.1) is 0 Å². The van der Waals surface area contributed by atoms with Crippen molar-refractivity contribution in [2.24, 2.45) is 0 Å². The van der Waals surface area contributed by atoms with Gasteiger partial charge in [0.15, 0.2) is 0 Å². The Hall–Kier alpha value is -1.76. The molecular formula is C15H17N. The lowest BCUT2D eigenvalue weighted by Crippen LogP contribution is -2.01. The lowest BCUT2D eigenvalue weighted by molar-refractivity contribution is 1.00. The predicted octanol–water partition coefficient (Wildman–Crippen LogP) is 4.22. The maximum Gasteiger partial charge on any atom is 0.0419 e.